The zero-order chi connectivity index (χ0) is 22.4. The van der Waals surface area contributed by atoms with Crippen molar-refractivity contribution in [1.29, 1.82) is 0 Å². The summed E-state index contributed by atoms with van der Waals surface area (Å²) in [7, 11) is 2.04. The molecule has 3 aromatic heterocycles. The Balaban J connectivity index is 1.53. The third-order valence-electron chi connectivity index (χ3n) is 6.84. The van der Waals surface area contributed by atoms with E-state index in [0.717, 1.165) is 53.1 Å². The van der Waals surface area contributed by atoms with Gasteiger partial charge >= 0.3 is 0 Å². The highest BCUT2D eigenvalue weighted by molar-refractivity contribution is 5.82. The van der Waals surface area contributed by atoms with Crippen molar-refractivity contribution in [3.8, 4) is 22.6 Å². The average molecular weight is 435 g/mol. The fourth-order valence-electron chi connectivity index (χ4n) is 5.19. The van der Waals surface area contributed by atoms with Crippen LogP contribution in [0.4, 0.5) is 5.82 Å². The van der Waals surface area contributed by atoms with Crippen LogP contribution in [0.2, 0.25) is 0 Å². The molecule has 0 fully saturated rings. The third-order valence-corrected chi connectivity index (χ3v) is 6.84. The fourth-order valence-corrected chi connectivity index (χ4v) is 5.19. The van der Waals surface area contributed by atoms with Gasteiger partial charge in [-0.15, -0.1) is 0 Å². The Kier molecular flexibility index (Phi) is 4.80. The molecule has 2 aliphatic carbocycles. The lowest BCUT2D eigenvalue weighted by Crippen LogP contribution is -2.24. The van der Waals surface area contributed by atoms with Crippen LogP contribution in [-0.4, -0.2) is 32.6 Å². The van der Waals surface area contributed by atoms with Crippen LogP contribution < -0.4 is 11.1 Å². The Hall–Kier alpha value is -3.77. The van der Waals surface area contributed by atoms with Crippen molar-refractivity contribution in [2.75, 3.05) is 12.8 Å². The first-order chi connectivity index (χ1) is 16.2. The van der Waals surface area contributed by atoms with Gasteiger partial charge in [-0.05, 0) is 56.1 Å². The number of nitrogens with one attached hydrogen (secondary N) is 1. The van der Waals surface area contributed by atoms with Crippen LogP contribution in [0.3, 0.4) is 0 Å². The van der Waals surface area contributed by atoms with Crippen LogP contribution in [0.1, 0.15) is 25.3 Å². The van der Waals surface area contributed by atoms with Gasteiger partial charge in [0.25, 0.3) is 0 Å². The molecule has 0 saturated heterocycles. The van der Waals surface area contributed by atoms with Crippen LogP contribution in [0, 0.1) is 0 Å². The molecule has 0 radical (unpaired) electrons. The minimum Gasteiger partial charge on any atom is -0.383 e. The summed E-state index contributed by atoms with van der Waals surface area (Å²) in [6.45, 7) is 0. The second-order valence-corrected chi connectivity index (χ2v) is 8.72. The first kappa shape index (κ1) is 19.9. The highest BCUT2D eigenvalue weighted by Gasteiger charge is 2.30. The monoisotopic (exact) mass is 434 g/mol. The van der Waals surface area contributed by atoms with Crippen molar-refractivity contribution in [3.05, 3.63) is 84.1 Å². The second kappa shape index (κ2) is 7.98. The van der Waals surface area contributed by atoms with E-state index in [-0.39, 0.29) is 6.04 Å². The van der Waals surface area contributed by atoms with Crippen LogP contribution in [0.25, 0.3) is 33.8 Å². The third kappa shape index (κ3) is 3.34. The van der Waals surface area contributed by atoms with E-state index in [9.17, 15) is 0 Å². The van der Waals surface area contributed by atoms with E-state index in [1.54, 1.807) is 6.20 Å². The number of nitrogens with two attached hydrogens (primary N) is 1. The number of benzene rings is 1. The first-order valence-electron chi connectivity index (χ1n) is 11.5. The van der Waals surface area contributed by atoms with Gasteiger partial charge in [-0.1, -0.05) is 48.1 Å². The Morgan fingerprint density at radius 1 is 1.03 bits per heavy atom. The Morgan fingerprint density at radius 2 is 1.91 bits per heavy atom. The molecule has 33 heavy (non-hydrogen) atoms. The molecule has 2 atom stereocenters. The number of fused-ring (bicyclic) bond motifs is 1. The van der Waals surface area contributed by atoms with Gasteiger partial charge in [0.1, 0.15) is 17.2 Å². The van der Waals surface area contributed by atoms with E-state index in [0.29, 0.717) is 11.9 Å². The summed E-state index contributed by atoms with van der Waals surface area (Å²) in [5.74, 6) is 1.29. The van der Waals surface area contributed by atoms with Crippen molar-refractivity contribution in [3.63, 3.8) is 0 Å². The zero-order valence-electron chi connectivity index (χ0n) is 18.6. The molecule has 4 aromatic rings. The van der Waals surface area contributed by atoms with E-state index < -0.39 is 0 Å². The molecule has 0 amide bonds. The average Bonchev–Trinajstić information content (AvgIpc) is 3.45. The molecule has 2 aliphatic rings. The van der Waals surface area contributed by atoms with Crippen molar-refractivity contribution in [2.24, 2.45) is 0 Å². The molecule has 3 heterocycles. The van der Waals surface area contributed by atoms with E-state index >= 15 is 0 Å². The number of anilines is 1. The van der Waals surface area contributed by atoms with Crippen molar-refractivity contribution in [2.45, 2.75) is 31.3 Å². The minimum absolute atomic E-state index is 0.123. The molecule has 164 valence electrons. The minimum atomic E-state index is 0.123. The van der Waals surface area contributed by atoms with Gasteiger partial charge in [-0.2, -0.15) is 0 Å². The molecular weight excluding hydrogens is 408 g/mol. The topological polar surface area (TPSA) is 81.7 Å². The van der Waals surface area contributed by atoms with Crippen molar-refractivity contribution in [1.82, 2.24) is 24.8 Å². The summed E-state index contributed by atoms with van der Waals surface area (Å²) < 4.78 is 2.25. The lowest BCUT2D eigenvalue weighted by molar-refractivity contribution is 0.601. The van der Waals surface area contributed by atoms with E-state index in [1.165, 1.54) is 11.1 Å². The molecule has 0 aliphatic heterocycles. The maximum absolute atomic E-state index is 6.30. The highest BCUT2D eigenvalue weighted by atomic mass is 15.2. The molecule has 3 N–H and O–H groups in total. The van der Waals surface area contributed by atoms with Gasteiger partial charge in [0, 0.05) is 17.8 Å². The molecule has 6 nitrogen and oxygen atoms in total. The number of nitrogen functional groups attached to an aromatic ring is 1. The Morgan fingerprint density at radius 3 is 2.73 bits per heavy atom. The molecule has 6 heteroatoms. The van der Waals surface area contributed by atoms with Crippen LogP contribution in [0.15, 0.2) is 84.1 Å². The van der Waals surface area contributed by atoms with Gasteiger partial charge in [0.2, 0.25) is 0 Å². The van der Waals surface area contributed by atoms with E-state index in [2.05, 4.69) is 45.2 Å². The van der Waals surface area contributed by atoms with E-state index in [4.69, 9.17) is 15.7 Å². The normalized spacial score (nSPS) is 19.9. The largest absolute Gasteiger partial charge is 0.383 e. The molecule has 1 aromatic carbocycles. The predicted octanol–water partition coefficient (Wildman–Crippen LogP) is 4.92. The summed E-state index contributed by atoms with van der Waals surface area (Å²) in [6, 6.07) is 18.8. The van der Waals surface area contributed by atoms with Gasteiger partial charge < -0.3 is 15.6 Å². The molecule has 0 spiro atoms. The number of nitrogens with zero attached hydrogens (tertiary/aromatic N) is 4. The number of rotatable bonds is 4. The van der Waals surface area contributed by atoms with Gasteiger partial charge in [0.05, 0.1) is 17.3 Å². The molecule has 6 rings (SSSR count). The summed E-state index contributed by atoms with van der Waals surface area (Å²) in [4.78, 5) is 14.4. The second-order valence-electron chi connectivity index (χ2n) is 8.72. The Labute approximate surface area is 192 Å². The number of hydrogen-bond acceptors (Lipinski definition) is 5. The van der Waals surface area contributed by atoms with Gasteiger partial charge in [-0.25, -0.2) is 15.0 Å². The SMILES string of the molecule is CNC1CCC2=C1C=CC(n1c(-c3cccnc3N)nc3ccc(-c4ccccc4)nc31)C2. The molecule has 2 unspecified atom stereocenters. The standard InChI is InChI=1S/C27H26N6/c1-29-23-12-9-18-16-19(10-11-20(18)23)33-26(21-8-5-15-30-25(21)28)32-24-14-13-22(31-27(24)33)17-6-3-2-4-7-17/h2-8,10-11,13-15,19,23,29H,9,12,16H2,1H3,(H2,28,30). The van der Waals surface area contributed by atoms with Crippen molar-refractivity contribution >= 4 is 17.0 Å². The number of likely N-dealkylation sites (N-methyl/N-ethyl adjacent to an activating group) is 1. The number of hydrogen-bond donors (Lipinski definition) is 2. The highest BCUT2D eigenvalue weighted by Crippen LogP contribution is 2.41. The van der Waals surface area contributed by atoms with Crippen LogP contribution in [-0.2, 0) is 0 Å². The Bertz CT molecular complexity index is 1400. The van der Waals surface area contributed by atoms with Crippen LogP contribution >= 0.6 is 0 Å². The van der Waals surface area contributed by atoms with E-state index in [1.807, 2.05) is 43.4 Å². The lowest BCUT2D eigenvalue weighted by Gasteiger charge is -2.24. The maximum atomic E-state index is 6.30. The number of pyridine rings is 2. The summed E-state index contributed by atoms with van der Waals surface area (Å²) >= 11 is 0. The van der Waals surface area contributed by atoms with Crippen molar-refractivity contribution < 1.29 is 0 Å². The predicted molar refractivity (Wildman–Crippen MR) is 133 cm³/mol. The molecule has 0 saturated carbocycles. The molecular formula is C27H26N6. The number of allylic oxidation sites excluding steroid dienone is 2. The smallest absolute Gasteiger partial charge is 0.161 e. The van der Waals surface area contributed by atoms with Gasteiger partial charge in [0.15, 0.2) is 5.65 Å². The fraction of sp³-hybridized carbons (Fsp3) is 0.222. The first-order valence-corrected chi connectivity index (χ1v) is 11.5. The maximum Gasteiger partial charge on any atom is 0.161 e. The van der Waals surface area contributed by atoms with Crippen LogP contribution in [0.5, 0.6) is 0 Å². The summed E-state index contributed by atoms with van der Waals surface area (Å²) in [5.41, 5.74) is 13.9. The number of imidazole rings is 1. The summed E-state index contributed by atoms with van der Waals surface area (Å²) in [5, 5.41) is 3.45. The quantitative estimate of drug-likeness (QED) is 0.476. The zero-order valence-corrected chi connectivity index (χ0v) is 18.6. The number of aromatic nitrogens is 4. The van der Waals surface area contributed by atoms with Gasteiger partial charge in [-0.3, -0.25) is 0 Å². The lowest BCUT2D eigenvalue weighted by atomic mass is 9.95. The molecule has 0 bridgehead atoms. The summed E-state index contributed by atoms with van der Waals surface area (Å²) in [6.07, 6.45) is 9.54.